The van der Waals surface area contributed by atoms with E-state index in [9.17, 15) is 29.1 Å². The molecular weight excluding hydrogens is 655 g/mol. The number of nitrogens with one attached hydrogen (secondary N) is 3. The Hall–Kier alpha value is -5.04. The molecule has 5 heterocycles. The lowest BCUT2D eigenvalue weighted by molar-refractivity contribution is -0.150. The van der Waals surface area contributed by atoms with Gasteiger partial charge in [0.1, 0.15) is 39.2 Å². The van der Waals surface area contributed by atoms with Crippen LogP contribution in [0.4, 0.5) is 5.69 Å². The summed E-state index contributed by atoms with van der Waals surface area (Å²) in [4.78, 5) is 74.0. The number of carboxylic acid groups (broad SMARTS) is 1. The normalized spacial score (nSPS) is 18.0. The van der Waals surface area contributed by atoms with Crippen LogP contribution in [-0.4, -0.2) is 75.9 Å². The molecule has 3 aromatic heterocycles. The predicted molar refractivity (Wildman–Crippen MR) is 173 cm³/mol. The van der Waals surface area contributed by atoms with Crippen molar-refractivity contribution in [1.82, 2.24) is 35.7 Å². The highest BCUT2D eigenvalue weighted by Crippen LogP contribution is 2.41. The first-order valence-electron chi connectivity index (χ1n) is 13.5. The first-order chi connectivity index (χ1) is 22.1. The van der Waals surface area contributed by atoms with Crippen LogP contribution in [0.1, 0.15) is 32.0 Å². The summed E-state index contributed by atoms with van der Waals surface area (Å²) in [5, 5.41) is 23.3. The molecule has 18 heteroatoms. The number of benzene rings is 1. The van der Waals surface area contributed by atoms with E-state index in [1.54, 1.807) is 30.3 Å². The van der Waals surface area contributed by atoms with Crippen molar-refractivity contribution in [2.24, 2.45) is 5.73 Å². The number of rotatable bonds is 9. The largest absolute Gasteiger partial charge is 0.477 e. The zero-order chi connectivity index (χ0) is 32.7. The van der Waals surface area contributed by atoms with Crippen LogP contribution in [0.2, 0.25) is 0 Å². The number of aromatic nitrogens is 4. The van der Waals surface area contributed by atoms with Crippen molar-refractivity contribution >= 4 is 80.6 Å². The Morgan fingerprint density at radius 3 is 2.72 bits per heavy atom. The van der Waals surface area contributed by atoms with E-state index in [4.69, 9.17) is 23.7 Å². The zero-order valence-electron chi connectivity index (χ0n) is 23.4. The Morgan fingerprint density at radius 1 is 1.20 bits per heavy atom. The summed E-state index contributed by atoms with van der Waals surface area (Å²) in [6, 6.07) is 6.96. The number of carbonyl (C=O) groups excluding carboxylic acids is 3. The number of amides is 3. The molecule has 0 spiro atoms. The number of aliphatic carboxylic acids is 1. The van der Waals surface area contributed by atoms with Gasteiger partial charge in [-0.05, 0) is 29.8 Å². The smallest absolute Gasteiger partial charge is 0.353 e. The van der Waals surface area contributed by atoms with E-state index in [0.29, 0.717) is 21.2 Å². The molecule has 234 valence electrons. The lowest BCUT2D eigenvalue weighted by Gasteiger charge is -2.49. The summed E-state index contributed by atoms with van der Waals surface area (Å²) in [6.45, 7) is 0.140. The Morgan fingerprint density at radius 2 is 2.00 bits per heavy atom. The number of nitrogens with two attached hydrogens (primary N) is 2. The molecule has 0 bridgehead atoms. The number of β-lactam (4-membered cyclic amide) rings is 1. The minimum Gasteiger partial charge on any atom is -0.477 e. The minimum absolute atomic E-state index is 0.0432. The fourth-order valence-corrected chi connectivity index (χ4v) is 7.51. The highest BCUT2D eigenvalue weighted by atomic mass is 32.2. The minimum atomic E-state index is -1.38. The average Bonchev–Trinajstić information content (AvgIpc) is 3.54. The summed E-state index contributed by atoms with van der Waals surface area (Å²) >= 11 is 7.85. The number of thioether (sulfide) groups is 1. The molecule has 3 atom stereocenters. The van der Waals surface area contributed by atoms with E-state index in [1.807, 2.05) is 0 Å². The second kappa shape index (κ2) is 12.4. The number of hydrogen-bond donors (Lipinski definition) is 6. The van der Waals surface area contributed by atoms with Gasteiger partial charge in [-0.15, -0.1) is 22.0 Å². The Kier molecular flexibility index (Phi) is 8.34. The first-order valence-corrected chi connectivity index (χ1v) is 15.8. The van der Waals surface area contributed by atoms with E-state index in [0.717, 1.165) is 16.2 Å². The number of H-pyrrole nitrogens is 1. The van der Waals surface area contributed by atoms with Gasteiger partial charge in [-0.2, -0.15) is 0 Å². The molecular formula is C28H23N9O6S3. The van der Waals surface area contributed by atoms with Gasteiger partial charge in [0.2, 0.25) is 11.3 Å². The summed E-state index contributed by atoms with van der Waals surface area (Å²) in [5.74, 6) is -3.58. The first kappa shape index (κ1) is 31.0. The van der Waals surface area contributed by atoms with Crippen LogP contribution in [-0.2, 0) is 20.9 Å². The van der Waals surface area contributed by atoms with Crippen LogP contribution >= 0.6 is 35.3 Å². The Balaban J connectivity index is 1.25. The zero-order valence-corrected chi connectivity index (χ0v) is 25.9. The van der Waals surface area contributed by atoms with Gasteiger partial charge in [0.05, 0.1) is 10.4 Å². The number of nitrogen functional groups attached to an aromatic ring is 1. The second-order valence-electron chi connectivity index (χ2n) is 10.1. The van der Waals surface area contributed by atoms with Crippen LogP contribution in [0.3, 0.4) is 0 Å². The molecule has 2 aliphatic rings. The van der Waals surface area contributed by atoms with Crippen LogP contribution in [0, 0.1) is 0 Å². The third-order valence-electron chi connectivity index (χ3n) is 7.24. The van der Waals surface area contributed by atoms with Crippen molar-refractivity contribution in [3.63, 3.8) is 0 Å². The van der Waals surface area contributed by atoms with E-state index >= 15 is 0 Å². The molecule has 0 saturated carbocycles. The summed E-state index contributed by atoms with van der Waals surface area (Å²) in [5.41, 5.74) is 11.6. The van der Waals surface area contributed by atoms with Gasteiger partial charge >= 0.3 is 5.97 Å². The number of nitrogens with zero attached hydrogens (tertiary/aromatic N) is 4. The monoisotopic (exact) mass is 677 g/mol. The quantitative estimate of drug-likeness (QED) is 0.0611. The predicted octanol–water partition coefficient (Wildman–Crippen LogP) is 0.443. The van der Waals surface area contributed by atoms with Crippen molar-refractivity contribution < 1.29 is 24.3 Å². The number of carbonyl (C=O) groups is 4. The Labute approximate surface area is 272 Å². The van der Waals surface area contributed by atoms with Gasteiger partial charge in [0.15, 0.2) is 5.01 Å². The summed E-state index contributed by atoms with van der Waals surface area (Å²) in [7, 11) is 0. The highest BCUT2D eigenvalue weighted by molar-refractivity contribution is 8.00. The van der Waals surface area contributed by atoms with Crippen LogP contribution < -0.4 is 27.5 Å². The second-order valence-corrected chi connectivity index (χ2v) is 12.6. The molecule has 46 heavy (non-hydrogen) atoms. The maximum atomic E-state index is 13.7. The molecule has 1 fully saturated rings. The number of pyridine rings is 2. The number of aromatic amines is 1. The fraction of sp³-hybridized carbons (Fsp3) is 0.179. The number of hydrogen-bond acceptors (Lipinski definition) is 13. The van der Waals surface area contributed by atoms with Gasteiger partial charge in [0, 0.05) is 36.0 Å². The lowest BCUT2D eigenvalue weighted by atomic mass is 9.99. The third kappa shape index (κ3) is 5.51. The molecule has 3 amide bonds. The fourth-order valence-electron chi connectivity index (χ4n) is 5.05. The molecule has 0 radical (unpaired) electrons. The number of carboxylic acids is 1. The van der Waals surface area contributed by atoms with Crippen LogP contribution in [0.25, 0.3) is 11.0 Å². The maximum Gasteiger partial charge on any atom is 0.353 e. The van der Waals surface area contributed by atoms with Crippen LogP contribution in [0.5, 0.6) is 0 Å². The number of fused-ring (bicyclic) bond motifs is 2. The highest BCUT2D eigenvalue weighted by Gasteiger charge is 2.55. The van der Waals surface area contributed by atoms with E-state index in [2.05, 4.69) is 30.8 Å². The molecule has 0 aliphatic carbocycles. The molecule has 4 aromatic rings. The molecule has 2 aliphatic heterocycles. The summed E-state index contributed by atoms with van der Waals surface area (Å²) in [6.07, 6.45) is 2.64. The SMILES string of the molecule is NCc1nnc(C(=S)C2=C(C(=O)O)N3C(=O)C(NC(=O)C(NC(=O)c4c[nH]c5cccnc5c4=O)c4cccc(N)c4)[C@@H]3SC2)s1. The van der Waals surface area contributed by atoms with Crippen molar-refractivity contribution in [3.8, 4) is 0 Å². The molecule has 15 nitrogen and oxygen atoms in total. The lowest BCUT2D eigenvalue weighted by Crippen LogP contribution is -2.71. The maximum absolute atomic E-state index is 13.7. The van der Waals surface area contributed by atoms with Crippen molar-refractivity contribution in [1.29, 1.82) is 0 Å². The molecule has 2 unspecified atom stereocenters. The van der Waals surface area contributed by atoms with Crippen molar-refractivity contribution in [2.45, 2.75) is 24.0 Å². The van der Waals surface area contributed by atoms with Crippen molar-refractivity contribution in [2.75, 3.05) is 11.5 Å². The molecule has 8 N–H and O–H groups in total. The molecule has 1 saturated heterocycles. The molecule has 1 aromatic carbocycles. The van der Waals surface area contributed by atoms with Gasteiger partial charge in [-0.3, -0.25) is 29.1 Å². The van der Waals surface area contributed by atoms with E-state index in [1.165, 1.54) is 30.2 Å². The van der Waals surface area contributed by atoms with Gasteiger partial charge in [-0.1, -0.05) is 35.7 Å². The van der Waals surface area contributed by atoms with E-state index in [-0.39, 0.29) is 45.1 Å². The Bertz CT molecular complexity index is 2040. The number of anilines is 1. The standard InChI is InChI=1S/C28H23N9O6S3/c29-8-16-35-36-25(46-16)22(44)14-10-45-27-19(26(41)37(27)20(14)28(42)43)34-24(40)17(11-3-1-4-12(30)7-11)33-23(39)13-9-32-15-5-2-6-31-18(15)21(13)38/h1-7,9,17,19,27H,8,10,29-30H2,(H,32,38)(H,33,39)(H,34,40)(H,42,43)/t17?,19?,27-/m0/s1. The van der Waals surface area contributed by atoms with E-state index < -0.39 is 46.6 Å². The topological polar surface area (TPSA) is 239 Å². The number of thiocarbonyl (C=S) groups is 1. The van der Waals surface area contributed by atoms with Crippen molar-refractivity contribution in [3.05, 3.63) is 91.4 Å². The third-order valence-corrected chi connectivity index (χ3v) is 10.1. The van der Waals surface area contributed by atoms with Gasteiger partial charge in [0.25, 0.3) is 11.8 Å². The van der Waals surface area contributed by atoms with Gasteiger partial charge in [-0.25, -0.2) is 4.79 Å². The average molecular weight is 678 g/mol. The van der Waals surface area contributed by atoms with Gasteiger partial charge < -0.3 is 32.2 Å². The summed E-state index contributed by atoms with van der Waals surface area (Å²) < 4.78 is 0. The molecule has 6 rings (SSSR count). The van der Waals surface area contributed by atoms with Crippen LogP contribution in [0.15, 0.2) is 64.9 Å².